The number of halogens is 1. The Kier molecular flexibility index (Phi) is 5.05. The minimum atomic E-state index is -0.797. The van der Waals surface area contributed by atoms with Gasteiger partial charge in [0.1, 0.15) is 0 Å². The molecule has 1 aromatic carbocycles. The maximum absolute atomic E-state index is 13.6. The lowest BCUT2D eigenvalue weighted by Gasteiger charge is -2.04. The molecule has 0 aliphatic rings. The monoisotopic (exact) mass is 291 g/mol. The van der Waals surface area contributed by atoms with Gasteiger partial charge in [0.15, 0.2) is 0 Å². The lowest BCUT2D eigenvalue weighted by atomic mass is 10.2. The van der Waals surface area contributed by atoms with Crippen LogP contribution in [0.15, 0.2) is 36.7 Å². The summed E-state index contributed by atoms with van der Waals surface area (Å²) in [6.07, 6.45) is 4.99. The van der Waals surface area contributed by atoms with Crippen molar-refractivity contribution < 1.29 is 9.31 Å². The SMILES string of the molecule is CCCNCc1ccn(Cc2ccc([N+](=O)[O-])c(F)c2)c1. The molecule has 2 aromatic rings. The molecule has 0 radical (unpaired) electrons. The smallest absolute Gasteiger partial charge is 0.304 e. The van der Waals surface area contributed by atoms with E-state index in [1.165, 1.54) is 12.1 Å². The molecule has 6 heteroatoms. The Bertz CT molecular complexity index is 625. The fourth-order valence-electron chi connectivity index (χ4n) is 2.11. The van der Waals surface area contributed by atoms with E-state index >= 15 is 0 Å². The van der Waals surface area contributed by atoms with Gasteiger partial charge in [0.2, 0.25) is 5.82 Å². The first kappa shape index (κ1) is 15.2. The van der Waals surface area contributed by atoms with Gasteiger partial charge in [-0.1, -0.05) is 13.0 Å². The maximum atomic E-state index is 13.6. The van der Waals surface area contributed by atoms with E-state index in [2.05, 4.69) is 12.2 Å². The zero-order valence-electron chi connectivity index (χ0n) is 11.9. The third-order valence-corrected chi connectivity index (χ3v) is 3.14. The summed E-state index contributed by atoms with van der Waals surface area (Å²) in [4.78, 5) is 9.86. The fourth-order valence-corrected chi connectivity index (χ4v) is 2.11. The van der Waals surface area contributed by atoms with Gasteiger partial charge in [0.05, 0.1) is 4.92 Å². The number of nitro groups is 1. The summed E-state index contributed by atoms with van der Waals surface area (Å²) in [6.45, 7) is 4.37. The van der Waals surface area contributed by atoms with Crippen LogP contribution in [0.1, 0.15) is 24.5 Å². The first-order valence-corrected chi connectivity index (χ1v) is 6.88. The number of nitrogens with zero attached hydrogens (tertiary/aromatic N) is 2. The third-order valence-electron chi connectivity index (χ3n) is 3.14. The molecule has 1 aromatic heterocycles. The molecule has 0 saturated carbocycles. The fraction of sp³-hybridized carbons (Fsp3) is 0.333. The van der Waals surface area contributed by atoms with E-state index in [0.717, 1.165) is 25.1 Å². The number of benzene rings is 1. The van der Waals surface area contributed by atoms with Crippen LogP contribution >= 0.6 is 0 Å². The molecule has 0 spiro atoms. The van der Waals surface area contributed by atoms with Crippen LogP contribution in [0.5, 0.6) is 0 Å². The lowest BCUT2D eigenvalue weighted by molar-refractivity contribution is -0.387. The molecule has 0 aliphatic carbocycles. The summed E-state index contributed by atoms with van der Waals surface area (Å²) >= 11 is 0. The van der Waals surface area contributed by atoms with Gasteiger partial charge in [0.25, 0.3) is 0 Å². The quantitative estimate of drug-likeness (QED) is 0.484. The van der Waals surface area contributed by atoms with E-state index in [1.807, 2.05) is 23.0 Å². The van der Waals surface area contributed by atoms with Gasteiger partial charge in [-0.15, -0.1) is 0 Å². The molecule has 0 saturated heterocycles. The van der Waals surface area contributed by atoms with Crippen molar-refractivity contribution in [2.75, 3.05) is 6.54 Å². The molecule has 0 aliphatic heterocycles. The van der Waals surface area contributed by atoms with Crippen molar-refractivity contribution in [1.29, 1.82) is 0 Å². The first-order valence-electron chi connectivity index (χ1n) is 6.88. The molecule has 0 bridgehead atoms. The highest BCUT2D eigenvalue weighted by atomic mass is 19.1. The minimum absolute atomic E-state index is 0.489. The van der Waals surface area contributed by atoms with Crippen LogP contribution in [0.3, 0.4) is 0 Å². The molecule has 1 N–H and O–H groups in total. The van der Waals surface area contributed by atoms with Crippen LogP contribution in [0, 0.1) is 15.9 Å². The van der Waals surface area contributed by atoms with Crippen molar-refractivity contribution in [2.24, 2.45) is 0 Å². The summed E-state index contributed by atoms with van der Waals surface area (Å²) in [6, 6.07) is 6.01. The molecule has 2 rings (SSSR count). The van der Waals surface area contributed by atoms with Crippen molar-refractivity contribution in [3.8, 4) is 0 Å². The average Bonchev–Trinajstić information content (AvgIpc) is 2.86. The lowest BCUT2D eigenvalue weighted by Crippen LogP contribution is -2.13. The normalized spacial score (nSPS) is 10.8. The second-order valence-corrected chi connectivity index (χ2v) is 4.91. The number of hydrogen-bond donors (Lipinski definition) is 1. The van der Waals surface area contributed by atoms with Crippen LogP contribution in [0.2, 0.25) is 0 Å². The Hall–Kier alpha value is -2.21. The van der Waals surface area contributed by atoms with Crippen molar-refractivity contribution in [3.63, 3.8) is 0 Å². The second-order valence-electron chi connectivity index (χ2n) is 4.91. The molecule has 21 heavy (non-hydrogen) atoms. The van der Waals surface area contributed by atoms with Crippen LogP contribution in [0.4, 0.5) is 10.1 Å². The van der Waals surface area contributed by atoms with E-state index in [9.17, 15) is 14.5 Å². The van der Waals surface area contributed by atoms with E-state index < -0.39 is 16.4 Å². The number of aromatic nitrogens is 1. The topological polar surface area (TPSA) is 60.1 Å². The predicted octanol–water partition coefficient (Wildman–Crippen LogP) is 3.08. The highest BCUT2D eigenvalue weighted by Gasteiger charge is 2.13. The Labute approximate surface area is 122 Å². The molecule has 0 unspecified atom stereocenters. The van der Waals surface area contributed by atoms with Gasteiger partial charge in [-0.3, -0.25) is 10.1 Å². The van der Waals surface area contributed by atoms with Crippen LogP contribution in [-0.4, -0.2) is 16.0 Å². The Morgan fingerprint density at radius 3 is 2.81 bits per heavy atom. The summed E-state index contributed by atoms with van der Waals surface area (Å²) in [5.41, 5.74) is 1.36. The van der Waals surface area contributed by atoms with Crippen molar-refractivity contribution in [3.05, 3.63) is 63.7 Å². The van der Waals surface area contributed by atoms with Crippen molar-refractivity contribution in [1.82, 2.24) is 9.88 Å². The Morgan fingerprint density at radius 2 is 2.14 bits per heavy atom. The number of hydrogen-bond acceptors (Lipinski definition) is 3. The van der Waals surface area contributed by atoms with Gasteiger partial charge in [0, 0.05) is 31.5 Å². The van der Waals surface area contributed by atoms with E-state index in [-0.39, 0.29) is 0 Å². The van der Waals surface area contributed by atoms with Gasteiger partial charge in [-0.05, 0) is 36.2 Å². The van der Waals surface area contributed by atoms with Gasteiger partial charge < -0.3 is 9.88 Å². The van der Waals surface area contributed by atoms with Gasteiger partial charge in [-0.25, -0.2) is 0 Å². The first-order chi connectivity index (χ1) is 10.1. The summed E-state index contributed by atoms with van der Waals surface area (Å²) in [7, 11) is 0. The molecule has 0 fully saturated rings. The van der Waals surface area contributed by atoms with Gasteiger partial charge >= 0.3 is 5.69 Å². The summed E-state index contributed by atoms with van der Waals surface area (Å²) in [5, 5.41) is 13.9. The molecule has 5 nitrogen and oxygen atoms in total. The number of rotatable bonds is 7. The molecule has 0 amide bonds. The van der Waals surface area contributed by atoms with E-state index in [0.29, 0.717) is 12.1 Å². The Morgan fingerprint density at radius 1 is 1.33 bits per heavy atom. The molecule has 112 valence electrons. The second kappa shape index (κ2) is 6.99. The largest absolute Gasteiger partial charge is 0.350 e. The summed E-state index contributed by atoms with van der Waals surface area (Å²) < 4.78 is 15.5. The summed E-state index contributed by atoms with van der Waals surface area (Å²) in [5.74, 6) is -0.797. The Balaban J connectivity index is 2.01. The van der Waals surface area contributed by atoms with E-state index in [4.69, 9.17) is 0 Å². The highest BCUT2D eigenvalue weighted by Crippen LogP contribution is 2.18. The standard InChI is InChI=1S/C15H18FN3O2/c1-2-6-17-9-13-5-7-18(11-13)10-12-3-4-15(19(20)21)14(16)8-12/h3-5,7-8,11,17H,2,6,9-10H2,1H3. The number of nitro benzene ring substituents is 1. The van der Waals surface area contributed by atoms with E-state index in [1.54, 1.807) is 6.07 Å². The van der Waals surface area contributed by atoms with Crippen molar-refractivity contribution in [2.45, 2.75) is 26.4 Å². The number of nitrogens with one attached hydrogen (secondary N) is 1. The molecular formula is C15H18FN3O2. The van der Waals surface area contributed by atoms with Gasteiger partial charge in [-0.2, -0.15) is 4.39 Å². The van der Waals surface area contributed by atoms with Crippen LogP contribution in [-0.2, 0) is 13.1 Å². The third kappa shape index (κ3) is 4.13. The molecule has 1 heterocycles. The molecular weight excluding hydrogens is 273 g/mol. The predicted molar refractivity (Wildman–Crippen MR) is 78.6 cm³/mol. The van der Waals surface area contributed by atoms with Crippen LogP contribution < -0.4 is 5.32 Å². The van der Waals surface area contributed by atoms with Crippen LogP contribution in [0.25, 0.3) is 0 Å². The molecule has 0 atom stereocenters. The highest BCUT2D eigenvalue weighted by molar-refractivity contribution is 5.35. The zero-order chi connectivity index (χ0) is 15.2. The average molecular weight is 291 g/mol. The maximum Gasteiger partial charge on any atom is 0.304 e. The zero-order valence-corrected chi connectivity index (χ0v) is 11.9. The minimum Gasteiger partial charge on any atom is -0.350 e. The van der Waals surface area contributed by atoms with Crippen molar-refractivity contribution >= 4 is 5.69 Å².